The lowest BCUT2D eigenvalue weighted by molar-refractivity contribution is -0.114. The minimum Gasteiger partial charge on any atom is -0.326 e. The second kappa shape index (κ2) is 6.74. The van der Waals surface area contributed by atoms with Crippen molar-refractivity contribution in [3.05, 3.63) is 53.8 Å². The van der Waals surface area contributed by atoms with Crippen LogP contribution in [-0.2, 0) is 4.79 Å². The molecule has 110 valence electrons. The maximum Gasteiger partial charge on any atom is 0.221 e. The van der Waals surface area contributed by atoms with Gasteiger partial charge < -0.3 is 11.1 Å². The first-order valence-electron chi connectivity index (χ1n) is 6.57. The Bertz CT molecular complexity index is 641. The molecular weight excluding hydrogens is 287 g/mol. The fourth-order valence-electron chi connectivity index (χ4n) is 1.98. The average molecular weight is 304 g/mol. The summed E-state index contributed by atoms with van der Waals surface area (Å²) in [5.74, 6) is -0.398. The Kier molecular flexibility index (Phi) is 4.98. The first kappa shape index (κ1) is 15.5. The van der Waals surface area contributed by atoms with Crippen LogP contribution in [0.2, 0.25) is 0 Å². The zero-order valence-corrected chi connectivity index (χ0v) is 12.7. The van der Waals surface area contributed by atoms with E-state index < -0.39 is 0 Å². The molecule has 0 aliphatic heterocycles. The van der Waals surface area contributed by atoms with Gasteiger partial charge >= 0.3 is 0 Å². The largest absolute Gasteiger partial charge is 0.326 e. The van der Waals surface area contributed by atoms with Crippen LogP contribution in [0, 0.1) is 5.82 Å². The lowest BCUT2D eigenvalue weighted by Crippen LogP contribution is -2.09. The van der Waals surface area contributed by atoms with E-state index in [9.17, 15) is 9.18 Å². The number of carbonyl (C=O) groups excluding carboxylic acids is 1. The second-order valence-corrected chi connectivity index (χ2v) is 5.86. The van der Waals surface area contributed by atoms with Crippen LogP contribution in [-0.4, -0.2) is 5.91 Å². The Morgan fingerprint density at radius 2 is 1.90 bits per heavy atom. The lowest BCUT2D eigenvalue weighted by atomic mass is 10.1. The Morgan fingerprint density at radius 3 is 2.48 bits per heavy atom. The van der Waals surface area contributed by atoms with E-state index in [1.165, 1.54) is 24.8 Å². The van der Waals surface area contributed by atoms with E-state index in [4.69, 9.17) is 5.73 Å². The van der Waals surface area contributed by atoms with Crippen LogP contribution in [0.25, 0.3) is 0 Å². The van der Waals surface area contributed by atoms with E-state index in [0.717, 1.165) is 15.5 Å². The maximum atomic E-state index is 13.9. The molecule has 0 spiro atoms. The molecule has 1 amide bonds. The quantitative estimate of drug-likeness (QED) is 0.899. The predicted octanol–water partition coefficient (Wildman–Crippen LogP) is 3.96. The summed E-state index contributed by atoms with van der Waals surface area (Å²) in [6.45, 7) is 3.23. The number of nitrogens with two attached hydrogens (primary N) is 1. The third-order valence-electron chi connectivity index (χ3n) is 2.87. The van der Waals surface area contributed by atoms with Crippen molar-refractivity contribution in [2.45, 2.75) is 29.7 Å². The molecule has 0 fully saturated rings. The second-order valence-electron chi connectivity index (χ2n) is 4.75. The molecule has 2 rings (SSSR count). The van der Waals surface area contributed by atoms with Crippen molar-refractivity contribution in [1.29, 1.82) is 0 Å². The van der Waals surface area contributed by atoms with Crippen LogP contribution in [0.5, 0.6) is 0 Å². The summed E-state index contributed by atoms with van der Waals surface area (Å²) >= 11 is 1.45. The number of carbonyl (C=O) groups is 1. The van der Waals surface area contributed by atoms with Gasteiger partial charge in [0.25, 0.3) is 0 Å². The van der Waals surface area contributed by atoms with E-state index in [1.807, 2.05) is 30.3 Å². The van der Waals surface area contributed by atoms with Crippen LogP contribution < -0.4 is 11.1 Å². The van der Waals surface area contributed by atoms with Gasteiger partial charge in [-0.15, -0.1) is 0 Å². The molecule has 3 nitrogen and oxygen atoms in total. The van der Waals surface area contributed by atoms with Crippen molar-refractivity contribution in [2.24, 2.45) is 5.73 Å². The molecule has 0 heterocycles. The summed E-state index contributed by atoms with van der Waals surface area (Å²) in [5, 5.41) is 2.71. The molecule has 0 saturated heterocycles. The molecule has 0 aliphatic carbocycles. The topological polar surface area (TPSA) is 55.1 Å². The third-order valence-corrected chi connectivity index (χ3v) is 3.95. The van der Waals surface area contributed by atoms with Gasteiger partial charge in [-0.3, -0.25) is 4.79 Å². The van der Waals surface area contributed by atoms with Crippen LogP contribution in [0.3, 0.4) is 0 Å². The van der Waals surface area contributed by atoms with E-state index in [1.54, 1.807) is 13.0 Å². The molecule has 1 atom stereocenters. The zero-order valence-electron chi connectivity index (χ0n) is 11.9. The highest BCUT2D eigenvalue weighted by Crippen LogP contribution is 2.34. The maximum absolute atomic E-state index is 13.9. The first-order chi connectivity index (χ1) is 9.97. The van der Waals surface area contributed by atoms with Gasteiger partial charge in [0.2, 0.25) is 5.91 Å². The number of halogens is 1. The van der Waals surface area contributed by atoms with Crippen molar-refractivity contribution >= 4 is 23.4 Å². The van der Waals surface area contributed by atoms with Gasteiger partial charge in [-0.05, 0) is 43.3 Å². The number of benzene rings is 2. The van der Waals surface area contributed by atoms with Crippen molar-refractivity contribution < 1.29 is 9.18 Å². The molecule has 5 heteroatoms. The number of amides is 1. The highest BCUT2D eigenvalue weighted by molar-refractivity contribution is 7.99. The molecule has 0 unspecified atom stereocenters. The van der Waals surface area contributed by atoms with Crippen molar-refractivity contribution in [2.75, 3.05) is 5.32 Å². The minimum absolute atomic E-state index is 0.111. The predicted molar refractivity (Wildman–Crippen MR) is 83.9 cm³/mol. The van der Waals surface area contributed by atoms with Crippen LogP contribution in [0.15, 0.2) is 52.3 Å². The number of nitrogens with one attached hydrogen (secondary N) is 1. The van der Waals surface area contributed by atoms with Gasteiger partial charge in [0.05, 0.1) is 0 Å². The van der Waals surface area contributed by atoms with E-state index in [2.05, 4.69) is 5.32 Å². The summed E-state index contributed by atoms with van der Waals surface area (Å²) in [6.07, 6.45) is 0. The van der Waals surface area contributed by atoms with E-state index in [0.29, 0.717) is 5.56 Å². The Hall–Kier alpha value is -1.85. The summed E-state index contributed by atoms with van der Waals surface area (Å²) in [6, 6.07) is 12.0. The van der Waals surface area contributed by atoms with Gasteiger partial charge in [-0.1, -0.05) is 17.8 Å². The number of rotatable bonds is 4. The molecule has 0 saturated carbocycles. The van der Waals surface area contributed by atoms with Gasteiger partial charge in [0.15, 0.2) is 0 Å². The number of hydrogen-bond donors (Lipinski definition) is 2. The fourth-order valence-corrected chi connectivity index (χ4v) is 3.05. The molecule has 0 aromatic heterocycles. The van der Waals surface area contributed by atoms with Crippen molar-refractivity contribution in [1.82, 2.24) is 0 Å². The normalized spacial score (nSPS) is 12.0. The van der Waals surface area contributed by atoms with Crippen LogP contribution in [0.1, 0.15) is 25.5 Å². The smallest absolute Gasteiger partial charge is 0.221 e. The summed E-state index contributed by atoms with van der Waals surface area (Å²) < 4.78 is 13.9. The van der Waals surface area contributed by atoms with Crippen molar-refractivity contribution in [3.8, 4) is 0 Å². The Morgan fingerprint density at radius 1 is 1.24 bits per heavy atom. The van der Waals surface area contributed by atoms with E-state index >= 15 is 0 Å². The average Bonchev–Trinajstić information content (AvgIpc) is 2.40. The lowest BCUT2D eigenvalue weighted by Gasteiger charge is -2.13. The first-order valence-corrected chi connectivity index (χ1v) is 7.38. The highest BCUT2D eigenvalue weighted by atomic mass is 32.2. The minimum atomic E-state index is -0.368. The van der Waals surface area contributed by atoms with Crippen molar-refractivity contribution in [3.63, 3.8) is 0 Å². The molecule has 2 aromatic carbocycles. The number of anilines is 1. The van der Waals surface area contributed by atoms with Crippen LogP contribution >= 0.6 is 11.8 Å². The molecule has 3 N–H and O–H groups in total. The summed E-state index contributed by atoms with van der Waals surface area (Å²) in [7, 11) is 0. The summed E-state index contributed by atoms with van der Waals surface area (Å²) in [4.78, 5) is 12.7. The fraction of sp³-hybridized carbons (Fsp3) is 0.188. The summed E-state index contributed by atoms with van der Waals surface area (Å²) in [5.41, 5.74) is 7.10. The highest BCUT2D eigenvalue weighted by Gasteiger charge is 2.13. The van der Waals surface area contributed by atoms with Gasteiger partial charge in [-0.25, -0.2) is 4.39 Å². The SMILES string of the molecule is CC(=O)Nc1ccc(Sc2cccc(F)c2[C@H](C)N)cc1. The van der Waals surface area contributed by atoms with Crippen LogP contribution in [0.4, 0.5) is 10.1 Å². The van der Waals surface area contributed by atoms with Gasteiger partial charge in [-0.2, -0.15) is 0 Å². The third kappa shape index (κ3) is 4.06. The molecular formula is C16H17FN2OS. The molecule has 0 bridgehead atoms. The molecule has 2 aromatic rings. The Labute approximate surface area is 127 Å². The molecule has 0 aliphatic rings. The molecule has 21 heavy (non-hydrogen) atoms. The van der Waals surface area contributed by atoms with Gasteiger partial charge in [0.1, 0.15) is 5.82 Å². The van der Waals surface area contributed by atoms with E-state index in [-0.39, 0.29) is 17.8 Å². The standard InChI is InChI=1S/C16H17FN2OS/c1-10(18)16-14(17)4-3-5-15(16)21-13-8-6-12(7-9-13)19-11(2)20/h3-10H,18H2,1-2H3,(H,19,20)/t10-/m0/s1. The molecule has 0 radical (unpaired) electrons. The number of hydrogen-bond acceptors (Lipinski definition) is 3. The monoisotopic (exact) mass is 304 g/mol. The zero-order chi connectivity index (χ0) is 15.4. The Balaban J connectivity index is 2.22. The van der Waals surface area contributed by atoms with Gasteiger partial charge in [0, 0.05) is 34.0 Å².